The van der Waals surface area contributed by atoms with Gasteiger partial charge in [-0.15, -0.1) is 0 Å². The van der Waals surface area contributed by atoms with Crippen LogP contribution in [0.15, 0.2) is 65.1 Å². The van der Waals surface area contributed by atoms with E-state index in [2.05, 4.69) is 14.8 Å². The Morgan fingerprint density at radius 1 is 1.09 bits per heavy atom. The molecule has 1 heterocycles. The third kappa shape index (κ3) is 7.19. The summed E-state index contributed by atoms with van der Waals surface area (Å²) in [6, 6.07) is 15.5. The van der Waals surface area contributed by atoms with Gasteiger partial charge in [-0.1, -0.05) is 18.2 Å². The number of nitrogens with one attached hydrogen (secondary N) is 2. The second-order valence-corrected chi connectivity index (χ2v) is 8.90. The van der Waals surface area contributed by atoms with Crippen LogP contribution in [0.2, 0.25) is 0 Å². The molecule has 0 unspecified atom stereocenters. The number of ether oxygens (including phenoxy) is 2. The zero-order valence-electron chi connectivity index (χ0n) is 18.2. The Bertz CT molecular complexity index is 1230. The van der Waals surface area contributed by atoms with Crippen molar-refractivity contribution in [3.63, 3.8) is 0 Å². The van der Waals surface area contributed by atoms with E-state index in [-0.39, 0.29) is 19.7 Å². The lowest BCUT2D eigenvalue weighted by atomic mass is 10.1. The van der Waals surface area contributed by atoms with Crippen molar-refractivity contribution in [2.24, 2.45) is 0 Å². The van der Waals surface area contributed by atoms with E-state index in [0.29, 0.717) is 28.2 Å². The number of fused-ring (bicyclic) bond motifs is 1. The SMILES string of the molecule is COC(=O)c1ccc(OCCNC(=O)C=C(CNS(C)(=O)=O)c2cc3ccccc3o2)cc1. The Labute approximate surface area is 191 Å². The van der Waals surface area contributed by atoms with E-state index in [0.717, 1.165) is 11.6 Å². The first kappa shape index (κ1) is 24.0. The van der Waals surface area contributed by atoms with Crippen molar-refractivity contribution in [3.05, 3.63) is 72.0 Å². The van der Waals surface area contributed by atoms with Crippen LogP contribution in [0.4, 0.5) is 0 Å². The van der Waals surface area contributed by atoms with Gasteiger partial charge in [0.1, 0.15) is 23.7 Å². The van der Waals surface area contributed by atoms with Crippen LogP contribution in [0.25, 0.3) is 16.5 Å². The van der Waals surface area contributed by atoms with Crippen molar-refractivity contribution in [1.29, 1.82) is 0 Å². The van der Waals surface area contributed by atoms with Gasteiger partial charge < -0.3 is 19.2 Å². The van der Waals surface area contributed by atoms with Gasteiger partial charge >= 0.3 is 5.97 Å². The molecule has 0 radical (unpaired) electrons. The van der Waals surface area contributed by atoms with Gasteiger partial charge in [0, 0.05) is 23.6 Å². The summed E-state index contributed by atoms with van der Waals surface area (Å²) in [7, 11) is -2.16. The fraction of sp³-hybridized carbons (Fsp3) is 0.217. The van der Waals surface area contributed by atoms with Gasteiger partial charge in [0.25, 0.3) is 0 Å². The summed E-state index contributed by atoms with van der Waals surface area (Å²) in [4.78, 5) is 23.9. The molecule has 0 bridgehead atoms. The van der Waals surface area contributed by atoms with Crippen molar-refractivity contribution >= 4 is 38.4 Å². The summed E-state index contributed by atoms with van der Waals surface area (Å²) < 4.78 is 41.4. The predicted molar refractivity (Wildman–Crippen MR) is 123 cm³/mol. The third-order valence-electron chi connectivity index (χ3n) is 4.52. The topological polar surface area (TPSA) is 124 Å². The van der Waals surface area contributed by atoms with Crippen LogP contribution in [0.3, 0.4) is 0 Å². The van der Waals surface area contributed by atoms with Gasteiger partial charge in [-0.25, -0.2) is 17.9 Å². The third-order valence-corrected chi connectivity index (χ3v) is 5.19. The number of hydrogen-bond acceptors (Lipinski definition) is 7. The van der Waals surface area contributed by atoms with E-state index in [1.165, 1.54) is 13.2 Å². The maximum absolute atomic E-state index is 12.4. The molecule has 0 aliphatic heterocycles. The van der Waals surface area contributed by atoms with Gasteiger partial charge in [0.15, 0.2) is 0 Å². The minimum absolute atomic E-state index is 0.102. The molecular formula is C23H24N2O7S. The molecule has 3 rings (SSSR count). The Morgan fingerprint density at radius 2 is 1.82 bits per heavy atom. The number of esters is 1. The fourth-order valence-corrected chi connectivity index (χ4v) is 3.33. The van der Waals surface area contributed by atoms with Crippen LogP contribution in [0.1, 0.15) is 16.1 Å². The number of methoxy groups -OCH3 is 1. The number of benzene rings is 2. The van der Waals surface area contributed by atoms with Gasteiger partial charge in [0.05, 0.1) is 25.5 Å². The standard InChI is InChI=1S/C23H24N2O7S/c1-30-23(27)16-7-9-19(10-8-16)31-12-11-24-22(26)14-18(15-25-33(2,28)29)21-13-17-5-3-4-6-20(17)32-21/h3-10,13-14,25H,11-12,15H2,1-2H3,(H,24,26). The van der Waals surface area contributed by atoms with Gasteiger partial charge in [-0.3, -0.25) is 4.79 Å². The lowest BCUT2D eigenvalue weighted by Gasteiger charge is -2.08. The summed E-state index contributed by atoms with van der Waals surface area (Å²) in [6.45, 7) is 0.300. The monoisotopic (exact) mass is 472 g/mol. The molecule has 0 aliphatic carbocycles. The maximum atomic E-state index is 12.4. The zero-order valence-corrected chi connectivity index (χ0v) is 19.0. The van der Waals surface area contributed by atoms with E-state index >= 15 is 0 Å². The summed E-state index contributed by atoms with van der Waals surface area (Å²) in [6.07, 6.45) is 2.33. The van der Waals surface area contributed by atoms with Crippen molar-refractivity contribution in [3.8, 4) is 5.75 Å². The van der Waals surface area contributed by atoms with Crippen LogP contribution in [0.5, 0.6) is 5.75 Å². The second-order valence-electron chi connectivity index (χ2n) is 7.07. The summed E-state index contributed by atoms with van der Waals surface area (Å²) in [5.41, 5.74) is 1.42. The average Bonchev–Trinajstić information content (AvgIpc) is 3.23. The van der Waals surface area contributed by atoms with Crippen molar-refractivity contribution in [1.82, 2.24) is 10.0 Å². The summed E-state index contributed by atoms with van der Waals surface area (Å²) in [5, 5.41) is 3.53. The Morgan fingerprint density at radius 3 is 2.48 bits per heavy atom. The van der Waals surface area contributed by atoms with Crippen molar-refractivity contribution in [2.45, 2.75) is 0 Å². The molecule has 1 amide bonds. The van der Waals surface area contributed by atoms with Crippen molar-refractivity contribution < 1.29 is 31.9 Å². The van der Waals surface area contributed by atoms with Crippen LogP contribution in [-0.2, 0) is 19.6 Å². The quantitative estimate of drug-likeness (QED) is 0.264. The highest BCUT2D eigenvalue weighted by Gasteiger charge is 2.13. The first-order chi connectivity index (χ1) is 15.7. The highest BCUT2D eigenvalue weighted by Crippen LogP contribution is 2.24. The lowest BCUT2D eigenvalue weighted by Crippen LogP contribution is -2.28. The molecule has 9 nitrogen and oxygen atoms in total. The average molecular weight is 473 g/mol. The van der Waals surface area contributed by atoms with Crippen LogP contribution < -0.4 is 14.8 Å². The van der Waals surface area contributed by atoms with Gasteiger partial charge in [-0.05, 0) is 36.4 Å². The minimum Gasteiger partial charge on any atom is -0.492 e. The molecule has 2 aromatic carbocycles. The highest BCUT2D eigenvalue weighted by atomic mass is 32.2. The molecule has 2 N–H and O–H groups in total. The van der Waals surface area contributed by atoms with Crippen LogP contribution >= 0.6 is 0 Å². The summed E-state index contributed by atoms with van der Waals surface area (Å²) >= 11 is 0. The Hall–Kier alpha value is -3.63. The second kappa shape index (κ2) is 10.8. The van der Waals surface area contributed by atoms with Gasteiger partial charge in [-0.2, -0.15) is 0 Å². The molecule has 3 aromatic rings. The largest absolute Gasteiger partial charge is 0.492 e. The molecule has 0 aliphatic rings. The van der Waals surface area contributed by atoms with Crippen LogP contribution in [0, 0.1) is 0 Å². The first-order valence-electron chi connectivity index (χ1n) is 9.98. The molecule has 1 aromatic heterocycles. The van der Waals surface area contributed by atoms with Crippen molar-refractivity contribution in [2.75, 3.05) is 33.1 Å². The Kier molecular flexibility index (Phi) is 7.86. The molecule has 0 atom stereocenters. The fourth-order valence-electron chi connectivity index (χ4n) is 2.92. The molecule has 10 heteroatoms. The van der Waals surface area contributed by atoms with E-state index in [1.54, 1.807) is 36.4 Å². The summed E-state index contributed by atoms with van der Waals surface area (Å²) in [5.74, 6) is 0.0637. The molecule has 0 spiro atoms. The number of carbonyl (C=O) groups excluding carboxylic acids is 2. The molecule has 0 saturated carbocycles. The normalized spacial score (nSPS) is 11.9. The predicted octanol–water partition coefficient (Wildman–Crippen LogP) is 2.35. The number of furan rings is 1. The highest BCUT2D eigenvalue weighted by molar-refractivity contribution is 7.88. The Balaban J connectivity index is 1.60. The minimum atomic E-state index is -3.47. The number of carbonyl (C=O) groups is 2. The first-order valence-corrected chi connectivity index (χ1v) is 11.9. The van der Waals surface area contributed by atoms with E-state index in [4.69, 9.17) is 9.15 Å². The number of para-hydroxylation sites is 1. The number of amides is 1. The van der Waals surface area contributed by atoms with Gasteiger partial charge in [0.2, 0.25) is 15.9 Å². The smallest absolute Gasteiger partial charge is 0.337 e. The van der Waals surface area contributed by atoms with Crippen LogP contribution in [-0.4, -0.2) is 53.4 Å². The van der Waals surface area contributed by atoms with E-state index in [1.807, 2.05) is 18.2 Å². The molecule has 0 saturated heterocycles. The number of rotatable bonds is 10. The molecular weight excluding hydrogens is 448 g/mol. The lowest BCUT2D eigenvalue weighted by molar-refractivity contribution is -0.116. The molecule has 0 fully saturated rings. The van der Waals surface area contributed by atoms with E-state index < -0.39 is 21.9 Å². The number of sulfonamides is 1. The molecule has 33 heavy (non-hydrogen) atoms. The number of hydrogen-bond donors (Lipinski definition) is 2. The molecule has 174 valence electrons. The zero-order chi connectivity index (χ0) is 23.8. The van der Waals surface area contributed by atoms with E-state index in [9.17, 15) is 18.0 Å². The maximum Gasteiger partial charge on any atom is 0.337 e.